The number of amides is 2. The van der Waals surface area contributed by atoms with E-state index in [1.807, 2.05) is 31.6 Å². The first-order chi connectivity index (χ1) is 23.1. The number of rotatable bonds is 21. The second kappa shape index (κ2) is 20.8. The number of nitrogens with one attached hydrogen (secondary N) is 1. The zero-order chi connectivity index (χ0) is 34.9. The van der Waals surface area contributed by atoms with Crippen LogP contribution in [0.5, 0.6) is 11.5 Å². The van der Waals surface area contributed by atoms with Gasteiger partial charge < -0.3 is 29.6 Å². The van der Waals surface area contributed by atoms with Gasteiger partial charge in [0, 0.05) is 18.0 Å². The first-order valence-electron chi connectivity index (χ1n) is 16.4. The average Bonchev–Trinajstić information content (AvgIpc) is 3.08. The van der Waals surface area contributed by atoms with Crippen LogP contribution in [-0.2, 0) is 9.26 Å². The molecule has 1 saturated carbocycles. The summed E-state index contributed by atoms with van der Waals surface area (Å²) in [5.74, 6) is 1.43. The summed E-state index contributed by atoms with van der Waals surface area (Å²) >= 11 is 5.85. The molecule has 12 nitrogen and oxygen atoms in total. The fourth-order valence-corrected chi connectivity index (χ4v) is 6.59. The molecule has 0 bridgehead atoms. The van der Waals surface area contributed by atoms with Gasteiger partial charge in [0.25, 0.3) is 11.8 Å². The number of primary amides is 1. The number of unbranched alkanes of at least 4 members (excludes halogenated alkanes) is 1. The minimum absolute atomic E-state index is 0.00328. The van der Waals surface area contributed by atoms with E-state index in [2.05, 4.69) is 5.32 Å². The highest BCUT2D eigenvalue weighted by Crippen LogP contribution is 2.43. The smallest absolute Gasteiger partial charge is 0.344 e. The van der Waals surface area contributed by atoms with Gasteiger partial charge in [0.2, 0.25) is 0 Å². The molecule has 2 amide bonds. The third-order valence-electron chi connectivity index (χ3n) is 7.86. The lowest BCUT2D eigenvalue weighted by Gasteiger charge is -2.26. The molecule has 3 rings (SSSR count). The molecule has 2 aromatic rings. The molecule has 0 saturated heterocycles. The van der Waals surface area contributed by atoms with Gasteiger partial charge >= 0.3 is 15.3 Å². The van der Waals surface area contributed by atoms with Gasteiger partial charge in [-0.3, -0.25) is 19.7 Å². The number of halogens is 1. The molecule has 264 valence electrons. The molecular weight excluding hydrogens is 659 g/mol. The van der Waals surface area contributed by atoms with Crippen molar-refractivity contribution < 1.29 is 33.0 Å². The van der Waals surface area contributed by atoms with E-state index in [1.165, 1.54) is 19.3 Å². The van der Waals surface area contributed by atoms with Gasteiger partial charge in [-0.25, -0.2) is 4.67 Å². The molecule has 0 aliphatic heterocycles. The minimum atomic E-state index is -1.62. The van der Waals surface area contributed by atoms with Crippen LogP contribution in [-0.4, -0.2) is 60.8 Å². The maximum absolute atomic E-state index is 13.2. The van der Waals surface area contributed by atoms with Gasteiger partial charge in [-0.15, -0.1) is 11.6 Å². The van der Waals surface area contributed by atoms with E-state index in [-0.39, 0.29) is 12.5 Å². The summed E-state index contributed by atoms with van der Waals surface area (Å²) in [6.45, 7) is 4.28. The normalized spacial score (nSPS) is 15.1. The number of nitrogens with zero attached hydrogens (tertiary/aromatic N) is 2. The van der Waals surface area contributed by atoms with Crippen molar-refractivity contribution in [3.8, 4) is 11.5 Å². The zero-order valence-electron chi connectivity index (χ0n) is 28.0. The monoisotopic (exact) mass is 706 g/mol. The van der Waals surface area contributed by atoms with Crippen molar-refractivity contribution in [3.63, 3.8) is 0 Å². The number of hydrogen-bond donors (Lipinski definition) is 2. The number of carbonyl (C=O) groups excluding carboxylic acids is 2. The lowest BCUT2D eigenvalue weighted by molar-refractivity contribution is -0.522. The van der Waals surface area contributed by atoms with Crippen molar-refractivity contribution in [1.82, 2.24) is 9.99 Å². The molecule has 1 aliphatic rings. The van der Waals surface area contributed by atoms with Gasteiger partial charge in [-0.1, -0.05) is 32.3 Å². The number of nitro groups is 1. The third-order valence-corrected chi connectivity index (χ3v) is 9.61. The average molecular weight is 707 g/mol. The number of nitrogens with two attached hydrogens (primary N) is 1. The SMILES string of the molecule is CC/C=C(/COP(Oc1ccc(C(=O)NC(C)c2ccc(OCC3CCCCC3)c(C(N)=O)c2)cc1)N(C)CCCCCl)OC[N+](=O)[O-]. The van der Waals surface area contributed by atoms with Gasteiger partial charge in [-0.2, -0.15) is 0 Å². The Hall–Kier alpha value is -3.44. The van der Waals surface area contributed by atoms with Gasteiger partial charge in [0.1, 0.15) is 23.9 Å². The lowest BCUT2D eigenvalue weighted by atomic mass is 9.90. The number of carbonyl (C=O) groups is 2. The Kier molecular flexibility index (Phi) is 16.9. The Morgan fingerprint density at radius 1 is 1.17 bits per heavy atom. The maximum atomic E-state index is 13.2. The fourth-order valence-electron chi connectivity index (χ4n) is 5.17. The zero-order valence-corrected chi connectivity index (χ0v) is 29.7. The van der Waals surface area contributed by atoms with Crippen LogP contribution in [0.4, 0.5) is 0 Å². The molecular formula is C34H48ClN4O8P. The predicted molar refractivity (Wildman–Crippen MR) is 187 cm³/mol. The summed E-state index contributed by atoms with van der Waals surface area (Å²) in [6.07, 6.45) is 9.92. The topological polar surface area (TPSA) is 155 Å². The molecule has 14 heteroatoms. The highest BCUT2D eigenvalue weighted by Gasteiger charge is 2.22. The summed E-state index contributed by atoms with van der Waals surface area (Å²) < 4.78 is 25.4. The second-order valence-corrected chi connectivity index (χ2v) is 13.7. The summed E-state index contributed by atoms with van der Waals surface area (Å²) in [5, 5.41) is 13.8. The summed E-state index contributed by atoms with van der Waals surface area (Å²) in [6, 6.07) is 11.5. The quantitative estimate of drug-likeness (QED) is 0.0258. The van der Waals surface area contributed by atoms with Crippen molar-refractivity contribution in [2.24, 2.45) is 11.7 Å². The van der Waals surface area contributed by atoms with Crippen LogP contribution < -0.4 is 20.3 Å². The van der Waals surface area contributed by atoms with Crippen molar-refractivity contribution >= 4 is 31.9 Å². The minimum Gasteiger partial charge on any atom is -0.492 e. The maximum Gasteiger partial charge on any atom is 0.344 e. The fraction of sp³-hybridized carbons (Fsp3) is 0.529. The van der Waals surface area contributed by atoms with Crippen molar-refractivity contribution in [3.05, 3.63) is 81.1 Å². The van der Waals surface area contributed by atoms with E-state index in [0.29, 0.717) is 59.8 Å². The lowest BCUT2D eigenvalue weighted by Crippen LogP contribution is -2.27. The molecule has 0 aromatic heterocycles. The summed E-state index contributed by atoms with van der Waals surface area (Å²) in [4.78, 5) is 35.6. The molecule has 2 atom stereocenters. The molecule has 2 aromatic carbocycles. The van der Waals surface area contributed by atoms with Crippen molar-refractivity contribution in [2.45, 2.75) is 71.3 Å². The Balaban J connectivity index is 1.63. The van der Waals surface area contributed by atoms with E-state index < -0.39 is 32.1 Å². The first kappa shape index (κ1) is 39.0. The highest BCUT2D eigenvalue weighted by molar-refractivity contribution is 7.45. The molecule has 3 N–H and O–H groups in total. The molecule has 1 aliphatic carbocycles. The van der Waals surface area contributed by atoms with Crippen LogP contribution in [0.2, 0.25) is 0 Å². The Morgan fingerprint density at radius 2 is 1.90 bits per heavy atom. The Morgan fingerprint density at radius 3 is 2.54 bits per heavy atom. The molecule has 2 unspecified atom stereocenters. The van der Waals surface area contributed by atoms with Gasteiger partial charge in [0.15, 0.2) is 0 Å². The van der Waals surface area contributed by atoms with E-state index >= 15 is 0 Å². The molecule has 1 fully saturated rings. The standard InChI is InChI=1S/C34H48ClN4O8P/c1-4-10-30(45-24-39(42)43)23-46-48(38(3)20-9-8-19-35)47-29-16-13-27(14-17-29)34(41)37-25(2)28-15-18-32(31(21-28)33(36)40)44-22-26-11-6-5-7-12-26/h10,13-18,21,25-26H,4-9,11-12,19-20,22-24H2,1-3H3,(H2,36,40)(H,37,41)/b30-10-. The largest absolute Gasteiger partial charge is 0.492 e. The van der Waals surface area contributed by atoms with Crippen LogP contribution >= 0.6 is 20.1 Å². The Labute approximate surface area is 289 Å². The molecule has 0 radical (unpaired) electrons. The second-order valence-electron chi connectivity index (χ2n) is 11.7. The third kappa shape index (κ3) is 13.2. The van der Waals surface area contributed by atoms with Crippen LogP contribution in [0.1, 0.15) is 97.5 Å². The molecule has 0 spiro atoms. The first-order valence-corrected chi connectivity index (χ1v) is 18.1. The molecule has 0 heterocycles. The number of allylic oxidation sites excluding steroid dienone is 1. The van der Waals surface area contributed by atoms with Crippen LogP contribution in [0.15, 0.2) is 54.3 Å². The van der Waals surface area contributed by atoms with Gasteiger partial charge in [-0.05, 0) is 100 Å². The number of hydrogen-bond acceptors (Lipinski definition) is 9. The van der Waals surface area contributed by atoms with E-state index in [0.717, 1.165) is 31.2 Å². The predicted octanol–water partition coefficient (Wildman–Crippen LogP) is 7.35. The van der Waals surface area contributed by atoms with Crippen LogP contribution in [0, 0.1) is 16.0 Å². The summed E-state index contributed by atoms with van der Waals surface area (Å²) in [7, 11) is 0.244. The van der Waals surface area contributed by atoms with E-state index in [1.54, 1.807) is 42.5 Å². The summed E-state index contributed by atoms with van der Waals surface area (Å²) in [5.41, 5.74) is 7.12. The highest BCUT2D eigenvalue weighted by atomic mass is 35.5. The van der Waals surface area contributed by atoms with Crippen molar-refractivity contribution in [1.29, 1.82) is 0 Å². The number of alkyl halides is 1. The van der Waals surface area contributed by atoms with Crippen molar-refractivity contribution in [2.75, 3.05) is 39.4 Å². The van der Waals surface area contributed by atoms with E-state index in [4.69, 9.17) is 35.9 Å². The van der Waals surface area contributed by atoms with Gasteiger partial charge in [0.05, 0.1) is 23.1 Å². The Bertz CT molecular complexity index is 1360. The number of ether oxygens (including phenoxy) is 2. The van der Waals surface area contributed by atoms with Crippen LogP contribution in [0.25, 0.3) is 0 Å². The molecule has 48 heavy (non-hydrogen) atoms. The number of benzene rings is 2. The van der Waals surface area contributed by atoms with Crippen LogP contribution in [0.3, 0.4) is 0 Å². The van der Waals surface area contributed by atoms with E-state index in [9.17, 15) is 19.7 Å².